The van der Waals surface area contributed by atoms with Gasteiger partial charge in [-0.1, -0.05) is 24.3 Å². The fourth-order valence-corrected chi connectivity index (χ4v) is 3.98. The smallest absolute Gasteiger partial charge is 0.118 e. The molecule has 0 spiro atoms. The zero-order valence-electron chi connectivity index (χ0n) is 13.6. The Morgan fingerprint density at radius 1 is 1.27 bits per heavy atom. The molecule has 0 aliphatic heterocycles. The van der Waals surface area contributed by atoms with Crippen LogP contribution in [-0.4, -0.2) is 30.3 Å². The van der Waals surface area contributed by atoms with E-state index < -0.39 is 5.60 Å². The summed E-state index contributed by atoms with van der Waals surface area (Å²) in [6.45, 7) is 1.92. The van der Waals surface area contributed by atoms with E-state index >= 15 is 0 Å². The quantitative estimate of drug-likeness (QED) is 0.784. The minimum atomic E-state index is -0.726. The summed E-state index contributed by atoms with van der Waals surface area (Å²) in [5, 5.41) is 10.7. The van der Waals surface area contributed by atoms with E-state index in [1.807, 2.05) is 49.8 Å². The number of aliphatic hydroxyl groups is 1. The zero-order chi connectivity index (χ0) is 16.2. The topological polar surface area (TPSA) is 29.5 Å². The number of methoxy groups -OCH3 is 1. The highest BCUT2D eigenvalue weighted by Gasteiger charge is 2.46. The molecule has 1 aliphatic carbocycles. The van der Waals surface area contributed by atoms with Crippen molar-refractivity contribution in [3.8, 4) is 5.75 Å². The summed E-state index contributed by atoms with van der Waals surface area (Å²) in [7, 11) is 1.67. The molecule has 1 saturated carbocycles. The fourth-order valence-electron chi connectivity index (χ4n) is 2.60. The van der Waals surface area contributed by atoms with Crippen LogP contribution in [0.15, 0.2) is 40.7 Å². The van der Waals surface area contributed by atoms with E-state index in [2.05, 4.69) is 12.2 Å². The first-order valence-electron chi connectivity index (χ1n) is 7.35. The third-order valence-corrected chi connectivity index (χ3v) is 6.10. The van der Waals surface area contributed by atoms with Crippen molar-refractivity contribution in [3.05, 3.63) is 46.2 Å². The first kappa shape index (κ1) is 17.5. The molecule has 2 rings (SSSR count). The average molecular weight is 337 g/mol. The maximum absolute atomic E-state index is 10.7. The van der Waals surface area contributed by atoms with Crippen molar-refractivity contribution in [1.82, 2.24) is 0 Å². The third-order valence-electron chi connectivity index (χ3n) is 4.05. The zero-order valence-corrected chi connectivity index (χ0v) is 15.2. The van der Waals surface area contributed by atoms with Gasteiger partial charge in [0.25, 0.3) is 0 Å². The Balaban J connectivity index is 1.96. The summed E-state index contributed by atoms with van der Waals surface area (Å²) in [6, 6.07) is 8.02. The molecule has 22 heavy (non-hydrogen) atoms. The number of allylic oxidation sites excluding steroid dienone is 1. The molecular weight excluding hydrogens is 312 g/mol. The largest absolute Gasteiger partial charge is 0.497 e. The molecule has 0 aromatic heterocycles. The Labute approximate surface area is 142 Å². The van der Waals surface area contributed by atoms with E-state index in [1.165, 1.54) is 4.24 Å². The second-order valence-corrected chi connectivity index (χ2v) is 7.69. The molecule has 1 aliphatic rings. The van der Waals surface area contributed by atoms with Crippen LogP contribution in [0.1, 0.15) is 18.9 Å². The van der Waals surface area contributed by atoms with Crippen LogP contribution >= 0.6 is 23.5 Å². The van der Waals surface area contributed by atoms with Gasteiger partial charge in [0.15, 0.2) is 0 Å². The normalized spacial score (nSPS) is 23.1. The van der Waals surface area contributed by atoms with Crippen LogP contribution in [0, 0.1) is 11.8 Å². The molecular formula is C18H24O2S2. The van der Waals surface area contributed by atoms with Crippen molar-refractivity contribution in [2.75, 3.05) is 19.6 Å². The summed E-state index contributed by atoms with van der Waals surface area (Å²) in [5.74, 6) is 1.64. The van der Waals surface area contributed by atoms with Gasteiger partial charge in [-0.15, -0.1) is 23.5 Å². The van der Waals surface area contributed by atoms with Gasteiger partial charge in [-0.3, -0.25) is 0 Å². The number of rotatable bonds is 7. The first-order valence-corrected chi connectivity index (χ1v) is 9.80. The SMILES string of the molecule is COc1ccc(/C=C/[C@@H]2C[C@H]2C(C)(O)C=C(SC)SC)cc1. The van der Waals surface area contributed by atoms with Crippen molar-refractivity contribution < 1.29 is 9.84 Å². The van der Waals surface area contributed by atoms with Crippen LogP contribution in [-0.2, 0) is 0 Å². The molecule has 1 unspecified atom stereocenters. The van der Waals surface area contributed by atoms with Crippen molar-refractivity contribution >= 4 is 29.6 Å². The van der Waals surface area contributed by atoms with E-state index in [4.69, 9.17) is 4.74 Å². The van der Waals surface area contributed by atoms with Crippen LogP contribution < -0.4 is 4.74 Å². The molecule has 1 N–H and O–H groups in total. The maximum Gasteiger partial charge on any atom is 0.118 e. The number of ether oxygens (including phenoxy) is 1. The average Bonchev–Trinajstić information content (AvgIpc) is 3.31. The van der Waals surface area contributed by atoms with E-state index in [1.54, 1.807) is 30.6 Å². The standard InChI is InChI=1S/C18H24O2S2/c1-18(19,12-17(21-3)22-4)16-11-14(16)8-5-13-6-9-15(20-2)10-7-13/h5-10,12,14,16,19H,11H2,1-4H3/b8-5+/t14-,16-,18?/m1/s1. The molecule has 1 aromatic rings. The molecule has 120 valence electrons. The number of benzene rings is 1. The Hall–Kier alpha value is -0.840. The lowest BCUT2D eigenvalue weighted by Crippen LogP contribution is -2.25. The number of hydrogen-bond donors (Lipinski definition) is 1. The predicted octanol–water partition coefficient (Wildman–Crippen LogP) is 4.66. The highest BCUT2D eigenvalue weighted by molar-refractivity contribution is 8.21. The Kier molecular flexibility index (Phi) is 6.07. The van der Waals surface area contributed by atoms with Crippen LogP contribution in [0.2, 0.25) is 0 Å². The van der Waals surface area contributed by atoms with Gasteiger partial charge in [0.2, 0.25) is 0 Å². The van der Waals surface area contributed by atoms with Gasteiger partial charge in [0.05, 0.1) is 12.7 Å². The Bertz CT molecular complexity index is 541. The van der Waals surface area contributed by atoms with Crippen molar-refractivity contribution in [2.45, 2.75) is 18.9 Å². The van der Waals surface area contributed by atoms with Gasteiger partial charge in [-0.25, -0.2) is 0 Å². The van der Waals surface area contributed by atoms with E-state index in [9.17, 15) is 5.11 Å². The van der Waals surface area contributed by atoms with Crippen LogP contribution in [0.3, 0.4) is 0 Å². The highest BCUT2D eigenvalue weighted by atomic mass is 32.2. The van der Waals surface area contributed by atoms with Crippen molar-refractivity contribution in [2.24, 2.45) is 11.8 Å². The van der Waals surface area contributed by atoms with Gasteiger partial charge in [-0.2, -0.15) is 0 Å². The molecule has 0 saturated heterocycles. The van der Waals surface area contributed by atoms with Gasteiger partial charge in [0.1, 0.15) is 5.75 Å². The van der Waals surface area contributed by atoms with Gasteiger partial charge in [0, 0.05) is 4.24 Å². The third kappa shape index (κ3) is 4.58. The minimum Gasteiger partial charge on any atom is -0.497 e. The molecule has 4 heteroatoms. The summed E-state index contributed by atoms with van der Waals surface area (Å²) >= 11 is 3.38. The highest BCUT2D eigenvalue weighted by Crippen LogP contribution is 2.49. The number of hydrogen-bond acceptors (Lipinski definition) is 4. The molecule has 3 atom stereocenters. The molecule has 0 heterocycles. The predicted molar refractivity (Wildman–Crippen MR) is 99.4 cm³/mol. The number of thioether (sulfide) groups is 2. The first-order chi connectivity index (χ1) is 10.5. The van der Waals surface area contributed by atoms with Crippen LogP contribution in [0.5, 0.6) is 5.75 Å². The van der Waals surface area contributed by atoms with Gasteiger partial charge in [-0.05, 0) is 61.5 Å². The van der Waals surface area contributed by atoms with Crippen LogP contribution in [0.25, 0.3) is 6.08 Å². The fraction of sp³-hybridized carbons (Fsp3) is 0.444. The Morgan fingerprint density at radius 2 is 1.91 bits per heavy atom. The molecule has 0 amide bonds. The molecule has 0 radical (unpaired) electrons. The lowest BCUT2D eigenvalue weighted by molar-refractivity contribution is 0.0841. The molecule has 2 nitrogen and oxygen atoms in total. The van der Waals surface area contributed by atoms with Gasteiger partial charge < -0.3 is 9.84 Å². The summed E-state index contributed by atoms with van der Waals surface area (Å²) in [5.41, 5.74) is 0.437. The summed E-state index contributed by atoms with van der Waals surface area (Å²) in [6.07, 6.45) is 11.5. The van der Waals surface area contributed by atoms with E-state index in [0.717, 1.165) is 17.7 Å². The van der Waals surface area contributed by atoms with Crippen molar-refractivity contribution in [1.29, 1.82) is 0 Å². The van der Waals surface area contributed by atoms with Crippen molar-refractivity contribution in [3.63, 3.8) is 0 Å². The maximum atomic E-state index is 10.7. The monoisotopic (exact) mass is 336 g/mol. The van der Waals surface area contributed by atoms with E-state index in [0.29, 0.717) is 11.8 Å². The van der Waals surface area contributed by atoms with Gasteiger partial charge >= 0.3 is 0 Å². The van der Waals surface area contributed by atoms with Crippen LogP contribution in [0.4, 0.5) is 0 Å². The second kappa shape index (κ2) is 7.62. The van der Waals surface area contributed by atoms with E-state index in [-0.39, 0.29) is 0 Å². The molecule has 1 fully saturated rings. The summed E-state index contributed by atoms with van der Waals surface area (Å²) < 4.78 is 6.34. The lowest BCUT2D eigenvalue weighted by Gasteiger charge is -2.20. The Morgan fingerprint density at radius 3 is 2.45 bits per heavy atom. The minimum absolute atomic E-state index is 0.316. The lowest BCUT2D eigenvalue weighted by atomic mass is 9.99. The molecule has 0 bridgehead atoms. The second-order valence-electron chi connectivity index (χ2n) is 5.74. The molecule has 1 aromatic carbocycles. The summed E-state index contributed by atoms with van der Waals surface area (Å²) in [4.78, 5) is 0.